The molecule has 1 rings (SSSR count). The highest BCUT2D eigenvalue weighted by atomic mass is 16.5. The van der Waals surface area contributed by atoms with Crippen molar-refractivity contribution in [2.45, 2.75) is 97.8 Å². The van der Waals surface area contributed by atoms with E-state index in [1.165, 1.54) is 57.8 Å². The van der Waals surface area contributed by atoms with Gasteiger partial charge in [-0.3, -0.25) is 4.79 Å². The monoisotopic (exact) mass is 477 g/mol. The SMILES string of the molecule is C=C(C)C(=O)OCCCCCCCCCCCC.C=CN1CCCC1=O.C=COC(=O)C(=C)C. The van der Waals surface area contributed by atoms with Crippen LogP contribution in [-0.4, -0.2) is 35.9 Å². The first-order valence-electron chi connectivity index (χ1n) is 12.4. The van der Waals surface area contributed by atoms with Gasteiger partial charge in [-0.05, 0) is 32.9 Å². The molecule has 194 valence electrons. The van der Waals surface area contributed by atoms with Crippen LogP contribution >= 0.6 is 0 Å². The highest BCUT2D eigenvalue weighted by molar-refractivity contribution is 5.87. The smallest absolute Gasteiger partial charge is 0.337 e. The Balaban J connectivity index is 0. The van der Waals surface area contributed by atoms with Crippen molar-refractivity contribution in [2.24, 2.45) is 0 Å². The number of rotatable bonds is 15. The summed E-state index contributed by atoms with van der Waals surface area (Å²) >= 11 is 0. The summed E-state index contributed by atoms with van der Waals surface area (Å²) in [5, 5.41) is 0. The molecular weight excluding hydrogens is 430 g/mol. The minimum atomic E-state index is -0.431. The Labute approximate surface area is 207 Å². The van der Waals surface area contributed by atoms with Crippen LogP contribution in [0.1, 0.15) is 97.8 Å². The largest absolute Gasteiger partial charge is 0.462 e. The highest BCUT2D eigenvalue weighted by Gasteiger charge is 2.16. The quantitative estimate of drug-likeness (QED) is 0.110. The molecule has 1 fully saturated rings. The Morgan fingerprint density at radius 1 is 0.882 bits per heavy atom. The van der Waals surface area contributed by atoms with E-state index >= 15 is 0 Å². The second-order valence-electron chi connectivity index (χ2n) is 8.32. The molecule has 6 heteroatoms. The van der Waals surface area contributed by atoms with Gasteiger partial charge in [-0.15, -0.1) is 0 Å². The molecule has 0 aromatic heterocycles. The van der Waals surface area contributed by atoms with E-state index in [2.05, 4.69) is 38.0 Å². The third-order valence-electron chi connectivity index (χ3n) is 4.95. The summed E-state index contributed by atoms with van der Waals surface area (Å²) in [6.07, 6.45) is 17.3. The zero-order valence-electron chi connectivity index (χ0n) is 21.9. The van der Waals surface area contributed by atoms with Crippen LogP contribution in [0.25, 0.3) is 0 Å². The van der Waals surface area contributed by atoms with E-state index in [0.717, 1.165) is 25.6 Å². The van der Waals surface area contributed by atoms with E-state index in [0.29, 0.717) is 24.2 Å². The molecule has 0 N–H and O–H groups in total. The Morgan fingerprint density at radius 2 is 1.38 bits per heavy atom. The number of amides is 1. The Bertz CT molecular complexity index is 639. The third kappa shape index (κ3) is 21.2. The molecule has 0 atom stereocenters. The van der Waals surface area contributed by atoms with E-state index in [9.17, 15) is 14.4 Å². The summed E-state index contributed by atoms with van der Waals surface area (Å²) in [6.45, 7) is 20.5. The van der Waals surface area contributed by atoms with E-state index in [1.807, 2.05) is 0 Å². The molecule has 0 spiro atoms. The van der Waals surface area contributed by atoms with Gasteiger partial charge in [-0.25, -0.2) is 9.59 Å². The molecule has 0 saturated carbocycles. The minimum absolute atomic E-state index is 0.208. The van der Waals surface area contributed by atoms with Crippen LogP contribution in [-0.2, 0) is 23.9 Å². The van der Waals surface area contributed by atoms with Gasteiger partial charge in [-0.1, -0.05) is 91.0 Å². The zero-order chi connectivity index (χ0) is 26.2. The molecule has 0 aromatic carbocycles. The van der Waals surface area contributed by atoms with Crippen molar-refractivity contribution in [1.82, 2.24) is 4.90 Å². The van der Waals surface area contributed by atoms with Crippen molar-refractivity contribution in [3.05, 3.63) is 49.9 Å². The summed E-state index contributed by atoms with van der Waals surface area (Å²) in [6, 6.07) is 0. The van der Waals surface area contributed by atoms with Crippen molar-refractivity contribution >= 4 is 17.8 Å². The van der Waals surface area contributed by atoms with Crippen LogP contribution in [0.2, 0.25) is 0 Å². The lowest BCUT2D eigenvalue weighted by Gasteiger charge is -2.05. The van der Waals surface area contributed by atoms with Crippen molar-refractivity contribution in [2.75, 3.05) is 13.2 Å². The van der Waals surface area contributed by atoms with Crippen molar-refractivity contribution in [3.63, 3.8) is 0 Å². The number of ether oxygens (including phenoxy) is 2. The Morgan fingerprint density at radius 3 is 1.71 bits per heavy atom. The summed E-state index contributed by atoms with van der Waals surface area (Å²) in [5.41, 5.74) is 0.868. The molecular formula is C28H47NO5. The molecule has 1 saturated heterocycles. The highest BCUT2D eigenvalue weighted by Crippen LogP contribution is 2.10. The molecule has 1 amide bonds. The number of carbonyl (C=O) groups is 3. The number of unbranched alkanes of at least 4 members (excludes halogenated alkanes) is 9. The number of hydrogen-bond donors (Lipinski definition) is 0. The maximum absolute atomic E-state index is 11.1. The molecule has 0 aliphatic carbocycles. The molecule has 6 nitrogen and oxygen atoms in total. The fourth-order valence-corrected chi connectivity index (χ4v) is 2.92. The van der Waals surface area contributed by atoms with Gasteiger partial charge in [0.2, 0.25) is 5.91 Å². The lowest BCUT2D eigenvalue weighted by molar-refractivity contribution is -0.139. The first-order valence-corrected chi connectivity index (χ1v) is 12.4. The first-order chi connectivity index (χ1) is 16.2. The summed E-state index contributed by atoms with van der Waals surface area (Å²) < 4.78 is 9.37. The number of likely N-dealkylation sites (tertiary alicyclic amines) is 1. The second kappa shape index (κ2) is 23.5. The lowest BCUT2D eigenvalue weighted by Crippen LogP contribution is -2.16. The average molecular weight is 478 g/mol. The first kappa shape index (κ1) is 33.5. The second-order valence-corrected chi connectivity index (χ2v) is 8.32. The van der Waals surface area contributed by atoms with Crippen LogP contribution in [0.5, 0.6) is 0 Å². The van der Waals surface area contributed by atoms with Crippen molar-refractivity contribution < 1.29 is 23.9 Å². The number of nitrogens with zero attached hydrogens (tertiary/aromatic N) is 1. The standard InChI is InChI=1S/C16H30O2.C6H9NO.C6H8O2/c1-4-5-6-7-8-9-10-11-12-13-14-18-16(17)15(2)3;1-2-7-5-3-4-6(7)8;1-4-8-6(7)5(2)3/h2,4-14H2,1,3H3;2H,1,3-5H2;4H,1-2H2,3H3. The van der Waals surface area contributed by atoms with Crippen molar-refractivity contribution in [1.29, 1.82) is 0 Å². The number of carbonyl (C=O) groups excluding carboxylic acids is 3. The van der Waals surface area contributed by atoms with E-state index in [4.69, 9.17) is 4.74 Å². The Kier molecular flexibility index (Phi) is 23.2. The van der Waals surface area contributed by atoms with Gasteiger partial charge in [0.15, 0.2) is 0 Å². The molecule has 1 heterocycles. The fraction of sp³-hybridized carbons (Fsp3) is 0.607. The molecule has 0 radical (unpaired) electrons. The van der Waals surface area contributed by atoms with Crippen LogP contribution < -0.4 is 0 Å². The maximum atomic E-state index is 11.1. The van der Waals surface area contributed by atoms with Gasteiger partial charge in [0.25, 0.3) is 0 Å². The normalized spacial score (nSPS) is 11.9. The van der Waals surface area contributed by atoms with Gasteiger partial charge in [-0.2, -0.15) is 0 Å². The van der Waals surface area contributed by atoms with Crippen molar-refractivity contribution in [3.8, 4) is 0 Å². The number of hydrogen-bond acceptors (Lipinski definition) is 5. The Hall–Kier alpha value is -2.63. The van der Waals surface area contributed by atoms with Crippen LogP contribution in [0.15, 0.2) is 49.9 Å². The lowest BCUT2D eigenvalue weighted by atomic mass is 10.1. The maximum Gasteiger partial charge on any atom is 0.337 e. The fourth-order valence-electron chi connectivity index (χ4n) is 2.92. The van der Waals surface area contributed by atoms with Gasteiger partial charge >= 0.3 is 11.9 Å². The average Bonchev–Trinajstić information content (AvgIpc) is 3.23. The topological polar surface area (TPSA) is 72.9 Å². The molecule has 1 aliphatic rings. The minimum Gasteiger partial charge on any atom is -0.462 e. The van der Waals surface area contributed by atoms with E-state index in [1.54, 1.807) is 24.9 Å². The van der Waals surface area contributed by atoms with Gasteiger partial charge in [0.1, 0.15) is 0 Å². The van der Waals surface area contributed by atoms with Crippen LogP contribution in [0, 0.1) is 0 Å². The predicted molar refractivity (Wildman–Crippen MR) is 140 cm³/mol. The molecule has 34 heavy (non-hydrogen) atoms. The van der Waals surface area contributed by atoms with Gasteiger partial charge in [0, 0.05) is 24.1 Å². The van der Waals surface area contributed by atoms with Crippen LogP contribution in [0.3, 0.4) is 0 Å². The molecule has 1 aliphatic heterocycles. The predicted octanol–water partition coefficient (Wildman–Crippen LogP) is 7.03. The van der Waals surface area contributed by atoms with E-state index in [-0.39, 0.29) is 11.9 Å². The van der Waals surface area contributed by atoms with Crippen LogP contribution in [0.4, 0.5) is 0 Å². The third-order valence-corrected chi connectivity index (χ3v) is 4.95. The summed E-state index contributed by atoms with van der Waals surface area (Å²) in [5.74, 6) is -0.481. The molecule has 0 bridgehead atoms. The van der Waals surface area contributed by atoms with Gasteiger partial charge in [0.05, 0.1) is 12.9 Å². The number of esters is 2. The molecule has 0 aromatic rings. The summed E-state index contributed by atoms with van der Waals surface area (Å²) in [4.78, 5) is 33.7. The molecule has 0 unspecified atom stereocenters. The summed E-state index contributed by atoms with van der Waals surface area (Å²) in [7, 11) is 0. The van der Waals surface area contributed by atoms with E-state index < -0.39 is 5.97 Å². The zero-order valence-corrected chi connectivity index (χ0v) is 21.9. The van der Waals surface area contributed by atoms with Gasteiger partial charge < -0.3 is 14.4 Å².